The fourth-order valence-corrected chi connectivity index (χ4v) is 2.81. The van der Waals surface area contributed by atoms with Crippen LogP contribution in [0.1, 0.15) is 35.4 Å². The molecule has 1 aliphatic heterocycles. The lowest BCUT2D eigenvalue weighted by Crippen LogP contribution is -2.09. The standard InChI is InChI=1S/C14H16ClN3O3/c1-20-14(19)9-7-11(15)13-17-16-12(18(13)8-9)5-4-10-3-2-6-21-10/h7-8,10H,2-6H2,1H3. The minimum absolute atomic E-state index is 0.289. The second kappa shape index (κ2) is 5.99. The summed E-state index contributed by atoms with van der Waals surface area (Å²) in [7, 11) is 1.34. The summed E-state index contributed by atoms with van der Waals surface area (Å²) in [6, 6.07) is 1.54. The number of pyridine rings is 1. The van der Waals surface area contributed by atoms with Crippen LogP contribution < -0.4 is 0 Å². The number of halogens is 1. The third-order valence-corrected chi connectivity index (χ3v) is 3.94. The summed E-state index contributed by atoms with van der Waals surface area (Å²) >= 11 is 6.15. The summed E-state index contributed by atoms with van der Waals surface area (Å²) in [5.41, 5.74) is 0.930. The number of esters is 1. The molecular formula is C14H16ClN3O3. The van der Waals surface area contributed by atoms with Gasteiger partial charge in [0.1, 0.15) is 5.82 Å². The van der Waals surface area contributed by atoms with E-state index in [4.69, 9.17) is 21.1 Å². The van der Waals surface area contributed by atoms with Gasteiger partial charge in [0.05, 0.1) is 23.8 Å². The Kier molecular flexibility index (Phi) is 4.07. The quantitative estimate of drug-likeness (QED) is 0.811. The first-order valence-electron chi connectivity index (χ1n) is 6.92. The van der Waals surface area contributed by atoms with Crippen molar-refractivity contribution in [2.75, 3.05) is 13.7 Å². The fraction of sp³-hybridized carbons (Fsp3) is 0.500. The molecule has 1 aliphatic rings. The molecule has 112 valence electrons. The summed E-state index contributed by atoms with van der Waals surface area (Å²) in [4.78, 5) is 11.7. The van der Waals surface area contributed by atoms with Crippen LogP contribution in [0.5, 0.6) is 0 Å². The van der Waals surface area contributed by atoms with E-state index in [-0.39, 0.29) is 6.10 Å². The highest BCUT2D eigenvalue weighted by Crippen LogP contribution is 2.21. The molecule has 0 bridgehead atoms. The number of rotatable bonds is 4. The molecule has 21 heavy (non-hydrogen) atoms. The van der Waals surface area contributed by atoms with Crippen LogP contribution in [-0.2, 0) is 15.9 Å². The number of carbonyl (C=O) groups is 1. The van der Waals surface area contributed by atoms with Gasteiger partial charge in [0.2, 0.25) is 0 Å². The van der Waals surface area contributed by atoms with Gasteiger partial charge >= 0.3 is 5.97 Å². The van der Waals surface area contributed by atoms with Crippen LogP contribution in [0.3, 0.4) is 0 Å². The zero-order valence-corrected chi connectivity index (χ0v) is 12.5. The van der Waals surface area contributed by atoms with Gasteiger partial charge in [-0.15, -0.1) is 10.2 Å². The van der Waals surface area contributed by atoms with Crippen LogP contribution >= 0.6 is 11.6 Å². The number of aryl methyl sites for hydroxylation is 1. The molecule has 1 atom stereocenters. The van der Waals surface area contributed by atoms with Crippen molar-refractivity contribution in [3.63, 3.8) is 0 Å². The normalized spacial score (nSPS) is 18.3. The van der Waals surface area contributed by atoms with Crippen molar-refractivity contribution in [1.82, 2.24) is 14.6 Å². The van der Waals surface area contributed by atoms with Gasteiger partial charge in [-0.2, -0.15) is 0 Å². The summed E-state index contributed by atoms with van der Waals surface area (Å²) in [5, 5.41) is 8.63. The Morgan fingerprint density at radius 2 is 2.43 bits per heavy atom. The molecule has 3 heterocycles. The van der Waals surface area contributed by atoms with Crippen molar-refractivity contribution in [2.45, 2.75) is 31.8 Å². The highest BCUT2D eigenvalue weighted by Gasteiger charge is 2.18. The Labute approximate surface area is 127 Å². The number of nitrogens with zero attached hydrogens (tertiary/aromatic N) is 3. The summed E-state index contributed by atoms with van der Waals surface area (Å²) in [6.45, 7) is 0.837. The Bertz CT molecular complexity index is 665. The van der Waals surface area contributed by atoms with Gasteiger partial charge in [-0.05, 0) is 25.3 Å². The number of aromatic nitrogens is 3. The monoisotopic (exact) mass is 309 g/mol. The second-order valence-corrected chi connectivity index (χ2v) is 5.46. The molecule has 0 aromatic carbocycles. The van der Waals surface area contributed by atoms with Crippen molar-refractivity contribution in [3.05, 3.63) is 28.7 Å². The Balaban J connectivity index is 1.88. The van der Waals surface area contributed by atoms with Crippen LogP contribution in [0.4, 0.5) is 0 Å². The second-order valence-electron chi connectivity index (χ2n) is 5.05. The summed E-state index contributed by atoms with van der Waals surface area (Å²) < 4.78 is 12.1. The largest absolute Gasteiger partial charge is 0.465 e. The Morgan fingerprint density at radius 3 is 3.14 bits per heavy atom. The van der Waals surface area contributed by atoms with Crippen LogP contribution in [0, 0.1) is 0 Å². The van der Waals surface area contributed by atoms with Gasteiger partial charge in [0, 0.05) is 19.2 Å². The number of hydrogen-bond acceptors (Lipinski definition) is 5. The average molecular weight is 310 g/mol. The maximum Gasteiger partial charge on any atom is 0.339 e. The molecule has 0 N–H and O–H groups in total. The average Bonchev–Trinajstić information content (AvgIpc) is 3.13. The van der Waals surface area contributed by atoms with Crippen LogP contribution in [0.15, 0.2) is 12.3 Å². The minimum Gasteiger partial charge on any atom is -0.465 e. The highest BCUT2D eigenvalue weighted by atomic mass is 35.5. The van der Waals surface area contributed by atoms with Gasteiger partial charge in [0.15, 0.2) is 5.65 Å². The van der Waals surface area contributed by atoms with E-state index >= 15 is 0 Å². The topological polar surface area (TPSA) is 65.7 Å². The van der Waals surface area contributed by atoms with Gasteiger partial charge in [-0.1, -0.05) is 11.6 Å². The van der Waals surface area contributed by atoms with E-state index in [1.165, 1.54) is 7.11 Å². The lowest BCUT2D eigenvalue weighted by Gasteiger charge is -2.08. The van der Waals surface area contributed by atoms with Crippen LogP contribution in [0.2, 0.25) is 5.02 Å². The molecule has 0 amide bonds. The van der Waals surface area contributed by atoms with E-state index in [1.807, 2.05) is 0 Å². The van der Waals surface area contributed by atoms with Crippen molar-refractivity contribution in [2.24, 2.45) is 0 Å². The molecule has 2 aromatic rings. The van der Waals surface area contributed by atoms with Gasteiger partial charge in [-0.3, -0.25) is 4.40 Å². The van der Waals surface area contributed by atoms with Gasteiger partial charge < -0.3 is 9.47 Å². The molecule has 1 unspecified atom stereocenters. The van der Waals surface area contributed by atoms with Gasteiger partial charge in [-0.25, -0.2) is 4.79 Å². The Morgan fingerprint density at radius 1 is 1.57 bits per heavy atom. The van der Waals surface area contributed by atoms with E-state index < -0.39 is 5.97 Å². The molecule has 6 nitrogen and oxygen atoms in total. The molecule has 7 heteroatoms. The first-order valence-corrected chi connectivity index (χ1v) is 7.30. The molecule has 0 saturated carbocycles. The predicted octanol–water partition coefficient (Wildman–Crippen LogP) is 2.28. The molecular weight excluding hydrogens is 294 g/mol. The van der Waals surface area contributed by atoms with Crippen molar-refractivity contribution >= 4 is 23.2 Å². The fourth-order valence-electron chi connectivity index (χ4n) is 2.56. The number of fused-ring (bicyclic) bond motifs is 1. The van der Waals surface area contributed by atoms with E-state index in [1.54, 1.807) is 16.7 Å². The maximum absolute atomic E-state index is 11.7. The smallest absolute Gasteiger partial charge is 0.339 e. The van der Waals surface area contributed by atoms with Crippen molar-refractivity contribution in [1.29, 1.82) is 0 Å². The van der Waals surface area contributed by atoms with Crippen LogP contribution in [0.25, 0.3) is 5.65 Å². The zero-order chi connectivity index (χ0) is 14.8. The van der Waals surface area contributed by atoms with E-state index in [9.17, 15) is 4.79 Å². The van der Waals surface area contributed by atoms with E-state index in [0.29, 0.717) is 16.2 Å². The first kappa shape index (κ1) is 14.3. The number of carbonyl (C=O) groups excluding carboxylic acids is 1. The zero-order valence-electron chi connectivity index (χ0n) is 11.7. The lowest BCUT2D eigenvalue weighted by molar-refractivity contribution is 0.0600. The molecule has 2 aromatic heterocycles. The summed E-state index contributed by atoms with van der Waals surface area (Å²) in [5.74, 6) is 0.339. The number of ether oxygens (including phenoxy) is 2. The Hall–Kier alpha value is -1.66. The van der Waals surface area contributed by atoms with E-state index in [0.717, 1.165) is 38.1 Å². The molecule has 3 rings (SSSR count). The van der Waals surface area contributed by atoms with E-state index in [2.05, 4.69) is 10.2 Å². The molecule has 0 radical (unpaired) electrons. The van der Waals surface area contributed by atoms with Gasteiger partial charge in [0.25, 0.3) is 0 Å². The molecule has 1 fully saturated rings. The third kappa shape index (κ3) is 2.87. The molecule has 1 saturated heterocycles. The minimum atomic E-state index is -0.433. The summed E-state index contributed by atoms with van der Waals surface area (Å²) in [6.07, 6.45) is 5.77. The highest BCUT2D eigenvalue weighted by molar-refractivity contribution is 6.33. The third-order valence-electron chi connectivity index (χ3n) is 3.67. The van der Waals surface area contributed by atoms with Crippen LogP contribution in [-0.4, -0.2) is 40.4 Å². The predicted molar refractivity (Wildman–Crippen MR) is 76.6 cm³/mol. The molecule has 0 aliphatic carbocycles. The first-order chi connectivity index (χ1) is 10.2. The number of methoxy groups -OCH3 is 1. The number of hydrogen-bond donors (Lipinski definition) is 0. The maximum atomic E-state index is 11.7. The lowest BCUT2D eigenvalue weighted by atomic mass is 10.1. The van der Waals surface area contributed by atoms with Crippen molar-refractivity contribution in [3.8, 4) is 0 Å². The SMILES string of the molecule is COC(=O)c1cc(Cl)c2nnc(CCC3CCCO3)n2c1. The van der Waals surface area contributed by atoms with Crippen molar-refractivity contribution < 1.29 is 14.3 Å². The molecule has 0 spiro atoms.